The highest BCUT2D eigenvalue weighted by Gasteiger charge is 2.10. The average molecular weight is 231 g/mol. The smallest absolute Gasteiger partial charge is 0.341 e. The van der Waals surface area contributed by atoms with Gasteiger partial charge < -0.3 is 10.1 Å². The van der Waals surface area contributed by atoms with E-state index in [9.17, 15) is 14.4 Å². The molecule has 0 amide bonds. The van der Waals surface area contributed by atoms with E-state index < -0.39 is 11.5 Å². The minimum Gasteiger partial charge on any atom is -0.477 e. The normalized spacial score (nSPS) is 10.4. The number of Topliss-reactive ketones (excluding diaryl/α,β-unsaturated/α-hetero) is 1. The molecule has 0 bridgehead atoms. The predicted molar refractivity (Wildman–Crippen MR) is 61.5 cm³/mol. The summed E-state index contributed by atoms with van der Waals surface area (Å²) in [5.41, 5.74) is -0.0669. The van der Waals surface area contributed by atoms with Crippen LogP contribution in [0.3, 0.4) is 0 Å². The molecule has 1 aromatic carbocycles. The summed E-state index contributed by atoms with van der Waals surface area (Å²) in [4.78, 5) is 35.8. The summed E-state index contributed by atoms with van der Waals surface area (Å²) in [5, 5.41) is 9.37. The molecular formula is C12H9NO4. The maximum atomic E-state index is 11.4. The monoisotopic (exact) mass is 231 g/mol. The second kappa shape index (κ2) is 3.86. The van der Waals surface area contributed by atoms with Crippen molar-refractivity contribution in [2.75, 3.05) is 0 Å². The highest BCUT2D eigenvalue weighted by Crippen LogP contribution is 2.14. The third-order valence-electron chi connectivity index (χ3n) is 2.48. The second-order valence-electron chi connectivity index (χ2n) is 3.68. The van der Waals surface area contributed by atoms with Crippen molar-refractivity contribution in [3.63, 3.8) is 0 Å². The predicted octanol–water partition coefficient (Wildman–Crippen LogP) is 1.43. The van der Waals surface area contributed by atoms with Gasteiger partial charge >= 0.3 is 5.97 Å². The summed E-state index contributed by atoms with van der Waals surface area (Å²) in [5.74, 6) is -1.39. The first-order valence-electron chi connectivity index (χ1n) is 4.90. The molecule has 2 N–H and O–H groups in total. The van der Waals surface area contributed by atoms with Gasteiger partial charge in [0.1, 0.15) is 5.56 Å². The van der Waals surface area contributed by atoms with Crippen LogP contribution in [-0.4, -0.2) is 21.8 Å². The molecular weight excluding hydrogens is 222 g/mol. The van der Waals surface area contributed by atoms with Crippen molar-refractivity contribution in [1.82, 2.24) is 4.98 Å². The first-order chi connectivity index (χ1) is 7.99. The van der Waals surface area contributed by atoms with E-state index in [1.54, 1.807) is 12.1 Å². The molecule has 5 heteroatoms. The molecule has 86 valence electrons. The van der Waals surface area contributed by atoms with Gasteiger partial charge in [-0.25, -0.2) is 4.79 Å². The number of rotatable bonds is 2. The van der Waals surface area contributed by atoms with Crippen LogP contribution in [0.15, 0.2) is 29.1 Å². The van der Waals surface area contributed by atoms with Crippen molar-refractivity contribution in [1.29, 1.82) is 0 Å². The summed E-state index contributed by atoms with van der Waals surface area (Å²) in [6.07, 6.45) is 0. The zero-order valence-electron chi connectivity index (χ0n) is 8.98. The molecule has 0 aliphatic heterocycles. The Balaban J connectivity index is 2.75. The third-order valence-corrected chi connectivity index (χ3v) is 2.48. The van der Waals surface area contributed by atoms with Gasteiger partial charge in [-0.2, -0.15) is 0 Å². The standard InChI is InChI=1S/C12H9NO4/c1-6(14)7-2-3-8-4-9(12(16)17)11(15)13-10(8)5-7/h2-5H,1H3,(H,13,15)(H,16,17). The fourth-order valence-corrected chi connectivity index (χ4v) is 1.58. The van der Waals surface area contributed by atoms with Crippen molar-refractivity contribution in [3.05, 3.63) is 45.7 Å². The highest BCUT2D eigenvalue weighted by atomic mass is 16.4. The largest absolute Gasteiger partial charge is 0.477 e. The fourth-order valence-electron chi connectivity index (χ4n) is 1.58. The number of carbonyl (C=O) groups is 2. The summed E-state index contributed by atoms with van der Waals surface area (Å²) >= 11 is 0. The van der Waals surface area contributed by atoms with Crippen molar-refractivity contribution in [2.24, 2.45) is 0 Å². The lowest BCUT2D eigenvalue weighted by Crippen LogP contribution is -2.17. The summed E-state index contributed by atoms with van der Waals surface area (Å²) in [6.45, 7) is 1.42. The number of carboxylic acid groups (broad SMARTS) is 1. The quantitative estimate of drug-likeness (QED) is 0.765. The Morgan fingerprint density at radius 2 is 1.94 bits per heavy atom. The van der Waals surface area contributed by atoms with Crippen molar-refractivity contribution >= 4 is 22.7 Å². The number of aromatic amines is 1. The Morgan fingerprint density at radius 3 is 2.53 bits per heavy atom. The average Bonchev–Trinajstić information content (AvgIpc) is 2.26. The Hall–Kier alpha value is -2.43. The number of hydrogen-bond acceptors (Lipinski definition) is 3. The van der Waals surface area contributed by atoms with Gasteiger partial charge in [-0.3, -0.25) is 9.59 Å². The lowest BCUT2D eigenvalue weighted by Gasteiger charge is -2.01. The van der Waals surface area contributed by atoms with E-state index in [1.807, 2.05) is 0 Å². The first kappa shape index (κ1) is 11.1. The molecule has 1 heterocycles. The zero-order chi connectivity index (χ0) is 12.6. The number of benzene rings is 1. The molecule has 0 saturated heterocycles. The van der Waals surface area contributed by atoms with Gasteiger partial charge in [-0.05, 0) is 24.4 Å². The topological polar surface area (TPSA) is 87.2 Å². The van der Waals surface area contributed by atoms with Crippen molar-refractivity contribution < 1.29 is 14.7 Å². The van der Waals surface area contributed by atoms with Crippen LogP contribution < -0.4 is 5.56 Å². The van der Waals surface area contributed by atoms with Gasteiger partial charge in [-0.1, -0.05) is 12.1 Å². The molecule has 0 saturated carbocycles. The number of H-pyrrole nitrogens is 1. The van der Waals surface area contributed by atoms with E-state index in [2.05, 4.69) is 4.98 Å². The lowest BCUT2D eigenvalue weighted by molar-refractivity contribution is 0.0695. The SMILES string of the molecule is CC(=O)c1ccc2cc(C(=O)O)c(=O)[nH]c2c1. The van der Waals surface area contributed by atoms with E-state index >= 15 is 0 Å². The third kappa shape index (κ3) is 1.94. The van der Waals surface area contributed by atoms with Gasteiger partial charge in [0, 0.05) is 11.1 Å². The zero-order valence-corrected chi connectivity index (χ0v) is 8.98. The Morgan fingerprint density at radius 1 is 1.24 bits per heavy atom. The molecule has 0 aliphatic carbocycles. The molecule has 2 aromatic rings. The molecule has 0 atom stereocenters. The number of aromatic carboxylic acids is 1. The molecule has 0 unspecified atom stereocenters. The molecule has 2 rings (SSSR count). The fraction of sp³-hybridized carbons (Fsp3) is 0.0833. The lowest BCUT2D eigenvalue weighted by atomic mass is 10.1. The molecule has 5 nitrogen and oxygen atoms in total. The number of carboxylic acids is 1. The van der Waals surface area contributed by atoms with Gasteiger partial charge in [0.2, 0.25) is 0 Å². The van der Waals surface area contributed by atoms with E-state index in [1.165, 1.54) is 19.1 Å². The van der Waals surface area contributed by atoms with E-state index in [0.717, 1.165) is 0 Å². The maximum Gasteiger partial charge on any atom is 0.341 e. The number of nitrogens with one attached hydrogen (secondary N) is 1. The number of pyridine rings is 1. The molecule has 17 heavy (non-hydrogen) atoms. The summed E-state index contributed by atoms with van der Waals surface area (Å²) < 4.78 is 0. The summed E-state index contributed by atoms with van der Waals surface area (Å²) in [6, 6.07) is 6.02. The van der Waals surface area contributed by atoms with Crippen molar-refractivity contribution in [2.45, 2.75) is 6.92 Å². The van der Waals surface area contributed by atoms with Gasteiger partial charge in [0.05, 0.1) is 0 Å². The number of carbonyl (C=O) groups excluding carboxylic acids is 1. The van der Waals surface area contributed by atoms with Crippen LogP contribution in [0.25, 0.3) is 10.9 Å². The number of fused-ring (bicyclic) bond motifs is 1. The van der Waals surface area contributed by atoms with Crippen LogP contribution in [0.4, 0.5) is 0 Å². The number of ketones is 1. The Bertz CT molecular complexity index is 684. The Kier molecular flexibility index (Phi) is 2.51. The van der Waals surface area contributed by atoms with Gasteiger partial charge in [0.25, 0.3) is 5.56 Å². The minimum atomic E-state index is -1.27. The van der Waals surface area contributed by atoms with E-state index in [4.69, 9.17) is 5.11 Å². The number of aromatic nitrogens is 1. The number of hydrogen-bond donors (Lipinski definition) is 2. The molecule has 0 aliphatic rings. The molecule has 0 radical (unpaired) electrons. The van der Waals surface area contributed by atoms with Crippen LogP contribution in [0, 0.1) is 0 Å². The summed E-state index contributed by atoms with van der Waals surface area (Å²) in [7, 11) is 0. The highest BCUT2D eigenvalue weighted by molar-refractivity contribution is 5.99. The van der Waals surface area contributed by atoms with Crippen molar-refractivity contribution in [3.8, 4) is 0 Å². The Labute approximate surface area is 95.7 Å². The minimum absolute atomic E-state index is 0.116. The van der Waals surface area contributed by atoms with E-state index in [-0.39, 0.29) is 11.3 Å². The van der Waals surface area contributed by atoms with Crippen LogP contribution in [-0.2, 0) is 0 Å². The second-order valence-corrected chi connectivity index (χ2v) is 3.68. The van der Waals surface area contributed by atoms with Crippen LogP contribution >= 0.6 is 0 Å². The van der Waals surface area contributed by atoms with Crippen LogP contribution in [0.2, 0.25) is 0 Å². The van der Waals surface area contributed by atoms with Crippen LogP contribution in [0.5, 0.6) is 0 Å². The maximum absolute atomic E-state index is 11.4. The molecule has 0 fully saturated rings. The molecule has 0 spiro atoms. The van der Waals surface area contributed by atoms with Gasteiger partial charge in [0.15, 0.2) is 5.78 Å². The van der Waals surface area contributed by atoms with E-state index in [0.29, 0.717) is 16.5 Å². The van der Waals surface area contributed by atoms with Crippen LogP contribution in [0.1, 0.15) is 27.6 Å². The first-order valence-corrected chi connectivity index (χ1v) is 4.90. The molecule has 1 aromatic heterocycles. The van der Waals surface area contributed by atoms with Gasteiger partial charge in [-0.15, -0.1) is 0 Å².